The average Bonchev–Trinajstić information content (AvgIpc) is 2.67. The van der Waals surface area contributed by atoms with Crippen molar-refractivity contribution in [2.75, 3.05) is 46.9 Å². The molecule has 2 aliphatic rings. The Morgan fingerprint density at radius 2 is 2.07 bits per heavy atom. The lowest BCUT2D eigenvalue weighted by Gasteiger charge is -2.46. The third-order valence-electron chi connectivity index (χ3n) is 5.13. The van der Waals surface area contributed by atoms with Gasteiger partial charge in [-0.2, -0.15) is 0 Å². The van der Waals surface area contributed by atoms with E-state index in [1.807, 2.05) is 20.8 Å². The summed E-state index contributed by atoms with van der Waals surface area (Å²) in [5, 5.41) is 0. The number of piperazine rings is 1. The molecule has 0 radical (unpaired) electrons. The number of fused-ring (bicyclic) bond motifs is 1. The minimum atomic E-state index is -0.513. The molecule has 7 nitrogen and oxygen atoms in total. The van der Waals surface area contributed by atoms with E-state index in [1.165, 1.54) is 19.4 Å². The molecule has 0 aromatic heterocycles. The number of hydrogen-bond acceptors (Lipinski definition) is 6. The van der Waals surface area contributed by atoms with Crippen molar-refractivity contribution >= 4 is 12.3 Å². The number of carbonyl (C=O) groups is 1. The van der Waals surface area contributed by atoms with Crippen molar-refractivity contribution in [2.24, 2.45) is 4.99 Å². The molecule has 1 amide bonds. The molecule has 160 valence electrons. The minimum absolute atomic E-state index is 0.107. The Labute approximate surface area is 171 Å². The topological polar surface area (TPSA) is 63.6 Å². The fourth-order valence-electron chi connectivity index (χ4n) is 3.79. The molecule has 2 fully saturated rings. The van der Waals surface area contributed by atoms with Gasteiger partial charge in [0.1, 0.15) is 17.2 Å². The first kappa shape index (κ1) is 21.5. The molecular formula is C21H30FN3O4. The zero-order valence-corrected chi connectivity index (χ0v) is 17.8. The predicted molar refractivity (Wildman–Crippen MR) is 108 cm³/mol. The second-order valence-corrected chi connectivity index (χ2v) is 8.37. The maximum absolute atomic E-state index is 14.2. The van der Waals surface area contributed by atoms with Gasteiger partial charge in [0.25, 0.3) is 0 Å². The molecule has 3 rings (SSSR count). The highest BCUT2D eigenvalue weighted by Gasteiger charge is 2.37. The highest BCUT2D eigenvalue weighted by Crippen LogP contribution is 2.35. The summed E-state index contributed by atoms with van der Waals surface area (Å²) in [6, 6.07) is 3.24. The summed E-state index contributed by atoms with van der Waals surface area (Å²) in [4.78, 5) is 20.4. The molecule has 0 unspecified atom stereocenters. The van der Waals surface area contributed by atoms with Crippen LogP contribution in [0.3, 0.4) is 0 Å². The fraction of sp³-hybridized carbons (Fsp3) is 0.619. The smallest absolute Gasteiger partial charge is 0.410 e. The summed E-state index contributed by atoms with van der Waals surface area (Å²) in [6.07, 6.45) is 0.935. The number of benzene rings is 1. The van der Waals surface area contributed by atoms with Crippen molar-refractivity contribution in [1.29, 1.82) is 0 Å². The SMILES string of the molecule is C/N=C\c1c(F)ccc([C@@H]2CN3CCN(C(=O)OC(C)(C)C)C[C@H]3CO2)c1OC. The van der Waals surface area contributed by atoms with Crippen LogP contribution < -0.4 is 4.74 Å². The van der Waals surface area contributed by atoms with Crippen molar-refractivity contribution in [3.05, 3.63) is 29.1 Å². The van der Waals surface area contributed by atoms with Crippen LogP contribution in [-0.2, 0) is 9.47 Å². The number of carbonyl (C=O) groups excluding carboxylic acids is 1. The van der Waals surface area contributed by atoms with Crippen LogP contribution in [0.4, 0.5) is 9.18 Å². The summed E-state index contributed by atoms with van der Waals surface area (Å²) in [7, 11) is 3.12. The van der Waals surface area contributed by atoms with Crippen molar-refractivity contribution in [3.8, 4) is 5.75 Å². The van der Waals surface area contributed by atoms with Crippen LogP contribution in [-0.4, -0.2) is 80.7 Å². The Kier molecular flexibility index (Phi) is 6.43. The maximum Gasteiger partial charge on any atom is 0.410 e. The number of hydrogen-bond donors (Lipinski definition) is 0. The number of aliphatic imine (C=N–C) groups is 1. The number of nitrogens with zero attached hydrogens (tertiary/aromatic N) is 3. The van der Waals surface area contributed by atoms with Crippen LogP contribution in [0.15, 0.2) is 17.1 Å². The molecule has 8 heteroatoms. The van der Waals surface area contributed by atoms with E-state index in [9.17, 15) is 9.18 Å². The van der Waals surface area contributed by atoms with Crippen molar-refractivity contribution in [1.82, 2.24) is 9.80 Å². The van der Waals surface area contributed by atoms with E-state index in [4.69, 9.17) is 14.2 Å². The molecule has 1 aromatic rings. The van der Waals surface area contributed by atoms with Crippen LogP contribution in [0.25, 0.3) is 0 Å². The lowest BCUT2D eigenvalue weighted by atomic mass is 10.00. The van der Waals surface area contributed by atoms with Gasteiger partial charge in [0, 0.05) is 45.0 Å². The predicted octanol–water partition coefficient (Wildman–Crippen LogP) is 2.88. The Balaban J connectivity index is 1.71. The molecule has 0 saturated carbocycles. The molecule has 2 atom stereocenters. The molecule has 1 aromatic carbocycles. The first-order valence-electron chi connectivity index (χ1n) is 9.85. The first-order valence-corrected chi connectivity index (χ1v) is 9.85. The summed E-state index contributed by atoms with van der Waals surface area (Å²) in [5.41, 5.74) is 0.617. The standard InChI is InChI=1S/C21H30FN3O4/c1-21(2,3)29-20(26)25-9-8-24-12-18(28-13-14(24)11-25)15-6-7-17(22)16(10-23-4)19(15)27-5/h6-7,10,14,18H,8-9,11-13H2,1-5H3/b23-10-/t14-,18-/m0/s1. The number of halogens is 1. The van der Waals surface area contributed by atoms with Gasteiger partial charge in [0.05, 0.1) is 31.4 Å². The Hall–Kier alpha value is -2.19. The van der Waals surface area contributed by atoms with Gasteiger partial charge >= 0.3 is 6.09 Å². The van der Waals surface area contributed by atoms with E-state index in [0.29, 0.717) is 37.6 Å². The number of methoxy groups -OCH3 is 1. The molecule has 2 aliphatic heterocycles. The van der Waals surface area contributed by atoms with Crippen LogP contribution in [0.1, 0.15) is 38.0 Å². The van der Waals surface area contributed by atoms with Crippen LogP contribution in [0, 0.1) is 5.82 Å². The highest BCUT2D eigenvalue weighted by molar-refractivity contribution is 5.84. The van der Waals surface area contributed by atoms with E-state index >= 15 is 0 Å². The molecule has 0 bridgehead atoms. The third-order valence-corrected chi connectivity index (χ3v) is 5.13. The molecule has 2 saturated heterocycles. The number of morpholine rings is 1. The number of ether oxygens (including phenoxy) is 3. The first-order chi connectivity index (χ1) is 13.7. The number of rotatable bonds is 3. The quantitative estimate of drug-likeness (QED) is 0.721. The van der Waals surface area contributed by atoms with Gasteiger partial charge in [-0.25, -0.2) is 9.18 Å². The molecule has 0 aliphatic carbocycles. The van der Waals surface area contributed by atoms with Gasteiger partial charge in [0.15, 0.2) is 0 Å². The second kappa shape index (κ2) is 8.67. The van der Waals surface area contributed by atoms with Crippen LogP contribution in [0.2, 0.25) is 0 Å². The molecule has 0 N–H and O–H groups in total. The molecule has 0 spiro atoms. The normalized spacial score (nSPS) is 23.2. The molecule has 2 heterocycles. The monoisotopic (exact) mass is 407 g/mol. The highest BCUT2D eigenvalue weighted by atomic mass is 19.1. The Morgan fingerprint density at radius 1 is 1.31 bits per heavy atom. The van der Waals surface area contributed by atoms with Gasteiger partial charge in [0.2, 0.25) is 0 Å². The maximum atomic E-state index is 14.2. The third kappa shape index (κ3) is 4.87. The lowest BCUT2D eigenvalue weighted by Crippen LogP contribution is -2.60. The van der Waals surface area contributed by atoms with E-state index in [-0.39, 0.29) is 24.1 Å². The van der Waals surface area contributed by atoms with Crippen molar-refractivity contribution in [2.45, 2.75) is 38.5 Å². The van der Waals surface area contributed by atoms with E-state index in [0.717, 1.165) is 12.1 Å². The van der Waals surface area contributed by atoms with E-state index in [1.54, 1.807) is 18.0 Å². The Bertz CT molecular complexity index is 778. The van der Waals surface area contributed by atoms with Gasteiger partial charge in [-0.1, -0.05) is 0 Å². The molecule has 29 heavy (non-hydrogen) atoms. The van der Waals surface area contributed by atoms with Gasteiger partial charge in [-0.05, 0) is 32.9 Å². The minimum Gasteiger partial charge on any atom is -0.496 e. The summed E-state index contributed by atoms with van der Waals surface area (Å²) in [5.74, 6) is 0.0716. The zero-order chi connectivity index (χ0) is 21.2. The second-order valence-electron chi connectivity index (χ2n) is 8.37. The summed E-state index contributed by atoms with van der Waals surface area (Å²) in [6.45, 7) is 8.62. The van der Waals surface area contributed by atoms with Crippen LogP contribution >= 0.6 is 0 Å². The van der Waals surface area contributed by atoms with Gasteiger partial charge in [-0.15, -0.1) is 0 Å². The summed E-state index contributed by atoms with van der Waals surface area (Å²) < 4.78 is 31.3. The van der Waals surface area contributed by atoms with E-state index < -0.39 is 5.60 Å². The van der Waals surface area contributed by atoms with Gasteiger partial charge in [-0.3, -0.25) is 9.89 Å². The molecular weight excluding hydrogens is 377 g/mol. The van der Waals surface area contributed by atoms with Crippen molar-refractivity contribution < 1.29 is 23.4 Å². The van der Waals surface area contributed by atoms with Crippen molar-refractivity contribution in [3.63, 3.8) is 0 Å². The average molecular weight is 407 g/mol. The number of amides is 1. The van der Waals surface area contributed by atoms with Gasteiger partial charge < -0.3 is 19.1 Å². The van der Waals surface area contributed by atoms with E-state index in [2.05, 4.69) is 9.89 Å². The fourth-order valence-corrected chi connectivity index (χ4v) is 3.79. The zero-order valence-electron chi connectivity index (χ0n) is 17.8. The van der Waals surface area contributed by atoms with Crippen LogP contribution in [0.5, 0.6) is 5.75 Å². The lowest BCUT2D eigenvalue weighted by molar-refractivity contribution is -0.0911. The Morgan fingerprint density at radius 3 is 2.72 bits per heavy atom. The largest absolute Gasteiger partial charge is 0.496 e. The summed E-state index contributed by atoms with van der Waals surface area (Å²) >= 11 is 0.